The van der Waals surface area contributed by atoms with Crippen LogP contribution in [0.25, 0.3) is 0 Å². The van der Waals surface area contributed by atoms with Gasteiger partial charge in [0.25, 0.3) is 0 Å². The number of imidazole rings is 1. The first kappa shape index (κ1) is 14.1. The number of aliphatic carboxylic acids is 1. The van der Waals surface area contributed by atoms with Gasteiger partial charge in [0.05, 0.1) is 11.6 Å². The maximum absolute atomic E-state index is 11.1. The van der Waals surface area contributed by atoms with Crippen LogP contribution in [0.15, 0.2) is 0 Å². The van der Waals surface area contributed by atoms with E-state index in [0.29, 0.717) is 6.42 Å². The molecule has 1 aromatic rings. The van der Waals surface area contributed by atoms with Crippen molar-refractivity contribution < 1.29 is 9.90 Å². The van der Waals surface area contributed by atoms with E-state index >= 15 is 0 Å². The summed E-state index contributed by atoms with van der Waals surface area (Å²) in [7, 11) is 2.07. The average molecular weight is 264 g/mol. The van der Waals surface area contributed by atoms with Crippen LogP contribution in [0.1, 0.15) is 56.2 Å². The molecule has 0 aromatic carbocycles. The van der Waals surface area contributed by atoms with Crippen LogP contribution in [0, 0.1) is 5.92 Å². The molecule has 0 amide bonds. The fraction of sp³-hybridized carbons (Fsp3) is 0.733. The third-order valence-corrected chi connectivity index (χ3v) is 4.16. The maximum atomic E-state index is 11.1. The van der Waals surface area contributed by atoms with Gasteiger partial charge in [0.2, 0.25) is 0 Å². The highest BCUT2D eigenvalue weighted by atomic mass is 16.4. The zero-order valence-corrected chi connectivity index (χ0v) is 12.0. The molecule has 1 aliphatic rings. The van der Waals surface area contributed by atoms with Crippen molar-refractivity contribution >= 4 is 5.97 Å². The molecule has 19 heavy (non-hydrogen) atoms. The Morgan fingerprint density at radius 1 is 1.42 bits per heavy atom. The molecule has 1 N–H and O–H groups in total. The van der Waals surface area contributed by atoms with Gasteiger partial charge in [-0.1, -0.05) is 26.2 Å². The molecule has 1 aromatic heterocycles. The van der Waals surface area contributed by atoms with Gasteiger partial charge in [-0.2, -0.15) is 0 Å². The van der Waals surface area contributed by atoms with Crippen molar-refractivity contribution in [2.45, 2.75) is 58.3 Å². The van der Waals surface area contributed by atoms with Gasteiger partial charge in [-0.15, -0.1) is 0 Å². The summed E-state index contributed by atoms with van der Waals surface area (Å²) in [6, 6.07) is 0. The first-order valence-corrected chi connectivity index (χ1v) is 7.39. The minimum absolute atomic E-state index is 0.240. The van der Waals surface area contributed by atoms with Crippen LogP contribution in [0.2, 0.25) is 0 Å². The summed E-state index contributed by atoms with van der Waals surface area (Å²) >= 11 is 0. The Morgan fingerprint density at radius 2 is 2.21 bits per heavy atom. The number of aryl methyl sites for hydroxylation is 1. The molecule has 0 aliphatic heterocycles. The number of carboxylic acid groups (broad SMARTS) is 1. The number of carbonyl (C=O) groups is 1. The largest absolute Gasteiger partial charge is 0.481 e. The second kappa shape index (κ2) is 6.22. The molecule has 2 rings (SSSR count). The zero-order valence-electron chi connectivity index (χ0n) is 12.0. The predicted octanol–water partition coefficient (Wildman–Crippen LogP) is 2.73. The van der Waals surface area contributed by atoms with Crippen LogP contribution < -0.4 is 0 Å². The third kappa shape index (κ3) is 3.17. The van der Waals surface area contributed by atoms with Crippen molar-refractivity contribution in [3.05, 3.63) is 17.2 Å². The van der Waals surface area contributed by atoms with Gasteiger partial charge in [0.15, 0.2) is 0 Å². The van der Waals surface area contributed by atoms with Gasteiger partial charge >= 0.3 is 5.97 Å². The quantitative estimate of drug-likeness (QED) is 0.804. The molecule has 4 nitrogen and oxygen atoms in total. The Bertz CT molecular complexity index is 451. The summed E-state index contributed by atoms with van der Waals surface area (Å²) in [6.45, 7) is 2.21. The van der Waals surface area contributed by atoms with E-state index in [1.807, 2.05) is 0 Å². The third-order valence-electron chi connectivity index (χ3n) is 4.16. The zero-order chi connectivity index (χ0) is 13.8. The summed E-state index contributed by atoms with van der Waals surface area (Å²) in [5.41, 5.74) is 2.27. The molecule has 106 valence electrons. The number of carboxylic acids is 1. The number of hydrogen-bond donors (Lipinski definition) is 1. The summed E-state index contributed by atoms with van der Waals surface area (Å²) in [5, 5.41) is 9.11. The van der Waals surface area contributed by atoms with Crippen LogP contribution in [0.3, 0.4) is 0 Å². The molecule has 0 bridgehead atoms. The van der Waals surface area contributed by atoms with E-state index in [-0.39, 0.29) is 5.92 Å². The van der Waals surface area contributed by atoms with Gasteiger partial charge in [-0.25, -0.2) is 4.98 Å². The Hall–Kier alpha value is -1.32. The van der Waals surface area contributed by atoms with Gasteiger partial charge < -0.3 is 9.67 Å². The number of unbranched alkanes of at least 4 members (excludes halogenated alkanes) is 3. The summed E-state index contributed by atoms with van der Waals surface area (Å²) in [6.07, 6.45) is 8.19. The van der Waals surface area contributed by atoms with Crippen molar-refractivity contribution in [1.29, 1.82) is 0 Å². The van der Waals surface area contributed by atoms with E-state index in [0.717, 1.165) is 30.8 Å². The molecule has 0 spiro atoms. The molecule has 1 heterocycles. The van der Waals surface area contributed by atoms with Crippen LogP contribution in [0.4, 0.5) is 0 Å². The van der Waals surface area contributed by atoms with Crippen LogP contribution >= 0.6 is 0 Å². The highest BCUT2D eigenvalue weighted by molar-refractivity contribution is 5.70. The maximum Gasteiger partial charge on any atom is 0.306 e. The minimum Gasteiger partial charge on any atom is -0.481 e. The predicted molar refractivity (Wildman–Crippen MR) is 74.2 cm³/mol. The van der Waals surface area contributed by atoms with Crippen molar-refractivity contribution in [2.24, 2.45) is 13.0 Å². The topological polar surface area (TPSA) is 55.1 Å². The first-order valence-electron chi connectivity index (χ1n) is 7.39. The smallest absolute Gasteiger partial charge is 0.306 e. The molecule has 4 heteroatoms. The molecule has 0 saturated carbocycles. The van der Waals surface area contributed by atoms with E-state index in [9.17, 15) is 4.79 Å². The van der Waals surface area contributed by atoms with Crippen LogP contribution in [-0.4, -0.2) is 20.6 Å². The van der Waals surface area contributed by atoms with Crippen molar-refractivity contribution in [3.63, 3.8) is 0 Å². The summed E-state index contributed by atoms with van der Waals surface area (Å²) in [5.74, 6) is 0.211. The number of aromatic nitrogens is 2. The van der Waals surface area contributed by atoms with Gasteiger partial charge in [0.1, 0.15) is 5.82 Å². The van der Waals surface area contributed by atoms with Crippen molar-refractivity contribution in [2.75, 3.05) is 0 Å². The second-order valence-corrected chi connectivity index (χ2v) is 5.57. The highest BCUT2D eigenvalue weighted by Crippen LogP contribution is 2.26. The van der Waals surface area contributed by atoms with Crippen LogP contribution in [-0.2, 0) is 31.1 Å². The number of fused-ring (bicyclic) bond motifs is 1. The Morgan fingerprint density at radius 3 is 2.89 bits per heavy atom. The molecule has 1 atom stereocenters. The molecular weight excluding hydrogens is 240 g/mol. The van der Waals surface area contributed by atoms with Gasteiger partial charge in [-0.3, -0.25) is 4.79 Å². The van der Waals surface area contributed by atoms with Gasteiger partial charge in [0, 0.05) is 25.6 Å². The fourth-order valence-electron chi connectivity index (χ4n) is 2.91. The van der Waals surface area contributed by atoms with Crippen LogP contribution in [0.5, 0.6) is 0 Å². The standard InChI is InChI=1S/C15H24N2O2/c1-3-4-5-6-7-14-16-12-10-11(15(18)19)8-9-13(12)17(14)2/h11H,3-10H2,1-2H3,(H,18,19). The van der Waals surface area contributed by atoms with Gasteiger partial charge in [-0.05, 0) is 19.3 Å². The lowest BCUT2D eigenvalue weighted by atomic mass is 9.90. The molecule has 0 radical (unpaired) electrons. The molecule has 0 saturated heterocycles. The normalized spacial score (nSPS) is 18.3. The minimum atomic E-state index is -0.680. The number of nitrogens with zero attached hydrogens (tertiary/aromatic N) is 2. The first-order chi connectivity index (χ1) is 9.13. The Labute approximate surface area is 114 Å². The van der Waals surface area contributed by atoms with E-state index in [1.54, 1.807) is 0 Å². The van der Waals surface area contributed by atoms with E-state index in [4.69, 9.17) is 5.11 Å². The Balaban J connectivity index is 2.02. The fourth-order valence-corrected chi connectivity index (χ4v) is 2.91. The number of hydrogen-bond acceptors (Lipinski definition) is 2. The number of rotatable bonds is 6. The highest BCUT2D eigenvalue weighted by Gasteiger charge is 2.28. The Kier molecular flexibility index (Phi) is 4.61. The lowest BCUT2D eigenvalue weighted by molar-refractivity contribution is -0.142. The average Bonchev–Trinajstić information content (AvgIpc) is 2.71. The lowest BCUT2D eigenvalue weighted by Crippen LogP contribution is -2.22. The summed E-state index contributed by atoms with van der Waals surface area (Å²) < 4.78 is 2.19. The van der Waals surface area contributed by atoms with E-state index < -0.39 is 5.97 Å². The van der Waals surface area contributed by atoms with E-state index in [1.165, 1.54) is 31.4 Å². The van der Waals surface area contributed by atoms with Crippen molar-refractivity contribution in [1.82, 2.24) is 9.55 Å². The van der Waals surface area contributed by atoms with E-state index in [2.05, 4.69) is 23.5 Å². The monoisotopic (exact) mass is 264 g/mol. The molecule has 1 unspecified atom stereocenters. The van der Waals surface area contributed by atoms with Crippen molar-refractivity contribution in [3.8, 4) is 0 Å². The molecule has 1 aliphatic carbocycles. The SMILES string of the molecule is CCCCCCc1nc2c(n1C)CCC(C(=O)O)C2. The molecular formula is C15H24N2O2. The second-order valence-electron chi connectivity index (χ2n) is 5.57. The lowest BCUT2D eigenvalue weighted by Gasteiger charge is -2.18. The molecule has 0 fully saturated rings. The summed E-state index contributed by atoms with van der Waals surface area (Å²) in [4.78, 5) is 15.7.